The summed E-state index contributed by atoms with van der Waals surface area (Å²) < 4.78 is 10.9. The molecule has 2 rings (SSSR count). The second kappa shape index (κ2) is 7.31. The van der Waals surface area contributed by atoms with Gasteiger partial charge >= 0.3 is 0 Å². The van der Waals surface area contributed by atoms with E-state index < -0.39 is 0 Å². The van der Waals surface area contributed by atoms with Crippen LogP contribution in [0.1, 0.15) is 30.4 Å². The Morgan fingerprint density at radius 1 is 1.40 bits per heavy atom. The minimum atomic E-state index is 0.325. The normalized spacial score (nSPS) is 10.8. The van der Waals surface area contributed by atoms with Gasteiger partial charge in [-0.2, -0.15) is 0 Å². The molecule has 108 valence electrons. The van der Waals surface area contributed by atoms with E-state index in [1.807, 2.05) is 31.2 Å². The zero-order valence-corrected chi connectivity index (χ0v) is 12.5. The lowest BCUT2D eigenvalue weighted by molar-refractivity contribution is 0.246. The van der Waals surface area contributed by atoms with Gasteiger partial charge in [-0.25, -0.2) is 0 Å². The van der Waals surface area contributed by atoms with Gasteiger partial charge in [0.2, 0.25) is 0 Å². The fraction of sp³-hybridized carbons (Fsp3) is 0.400. The fourth-order valence-corrected chi connectivity index (χ4v) is 2.13. The number of rotatable bonds is 7. The van der Waals surface area contributed by atoms with Crippen LogP contribution in [0.3, 0.4) is 0 Å². The van der Waals surface area contributed by atoms with E-state index in [2.05, 4.69) is 17.4 Å². The molecule has 2 aromatic rings. The van der Waals surface area contributed by atoms with Crippen molar-refractivity contribution in [1.82, 2.24) is 10.5 Å². The molecule has 1 N–H and O–H groups in total. The number of nitrogens with zero attached hydrogens (tertiary/aromatic N) is 1. The Morgan fingerprint density at radius 3 is 2.95 bits per heavy atom. The molecule has 0 atom stereocenters. The zero-order chi connectivity index (χ0) is 14.4. The predicted octanol–water partition coefficient (Wildman–Crippen LogP) is 3.72. The number of hydrogen-bond donors (Lipinski definition) is 1. The summed E-state index contributed by atoms with van der Waals surface area (Å²) in [6, 6.07) is 7.62. The van der Waals surface area contributed by atoms with Crippen LogP contribution in [0.2, 0.25) is 5.02 Å². The topological polar surface area (TPSA) is 47.3 Å². The van der Waals surface area contributed by atoms with Gasteiger partial charge in [0.05, 0.1) is 10.7 Å². The molecule has 1 aromatic heterocycles. The van der Waals surface area contributed by atoms with Crippen LogP contribution in [0, 0.1) is 6.92 Å². The molecule has 1 aromatic carbocycles. The summed E-state index contributed by atoms with van der Waals surface area (Å²) in [6.07, 6.45) is 1.09. The first-order valence-corrected chi connectivity index (χ1v) is 7.11. The number of para-hydroxylation sites is 1. The standard InChI is InChI=1S/C15H19ClN2O2/c1-3-7-17-9-12-5-4-6-14(16)15(12)19-10-13-8-11(2)18-20-13/h4-6,8,17H,3,7,9-10H2,1-2H3. The number of halogens is 1. The van der Waals surface area contributed by atoms with Gasteiger partial charge in [0.15, 0.2) is 5.76 Å². The van der Waals surface area contributed by atoms with Crippen molar-refractivity contribution in [2.75, 3.05) is 6.54 Å². The van der Waals surface area contributed by atoms with Crippen molar-refractivity contribution in [3.8, 4) is 5.75 Å². The van der Waals surface area contributed by atoms with Gasteiger partial charge in [-0.05, 0) is 26.0 Å². The van der Waals surface area contributed by atoms with E-state index in [9.17, 15) is 0 Å². The van der Waals surface area contributed by atoms with Crippen LogP contribution in [-0.4, -0.2) is 11.7 Å². The van der Waals surface area contributed by atoms with Crippen LogP contribution in [0.25, 0.3) is 0 Å². The highest BCUT2D eigenvalue weighted by atomic mass is 35.5. The highest BCUT2D eigenvalue weighted by molar-refractivity contribution is 6.32. The van der Waals surface area contributed by atoms with Crippen molar-refractivity contribution < 1.29 is 9.26 Å². The summed E-state index contributed by atoms with van der Waals surface area (Å²) in [4.78, 5) is 0. The monoisotopic (exact) mass is 294 g/mol. The molecular formula is C15H19ClN2O2. The molecule has 0 spiro atoms. The molecule has 0 aliphatic rings. The minimum Gasteiger partial charge on any atom is -0.484 e. The molecule has 0 bridgehead atoms. The molecular weight excluding hydrogens is 276 g/mol. The lowest BCUT2D eigenvalue weighted by Gasteiger charge is -2.12. The number of aromatic nitrogens is 1. The van der Waals surface area contributed by atoms with E-state index >= 15 is 0 Å². The summed E-state index contributed by atoms with van der Waals surface area (Å²) in [5, 5.41) is 7.79. The van der Waals surface area contributed by atoms with Gasteiger partial charge < -0.3 is 14.6 Å². The molecule has 5 heteroatoms. The first kappa shape index (κ1) is 14.9. The van der Waals surface area contributed by atoms with E-state index in [1.165, 1.54) is 0 Å². The molecule has 0 radical (unpaired) electrons. The molecule has 0 amide bonds. The van der Waals surface area contributed by atoms with Gasteiger partial charge in [0.25, 0.3) is 0 Å². The first-order valence-electron chi connectivity index (χ1n) is 6.73. The molecule has 1 heterocycles. The fourth-order valence-electron chi connectivity index (χ4n) is 1.88. The summed E-state index contributed by atoms with van der Waals surface area (Å²) in [6.45, 7) is 6.04. The van der Waals surface area contributed by atoms with Crippen LogP contribution in [0.4, 0.5) is 0 Å². The van der Waals surface area contributed by atoms with Gasteiger partial charge in [0, 0.05) is 18.2 Å². The number of benzene rings is 1. The number of nitrogens with one attached hydrogen (secondary N) is 1. The SMILES string of the molecule is CCCNCc1cccc(Cl)c1OCc1cc(C)no1. The molecule has 0 aliphatic carbocycles. The average molecular weight is 295 g/mol. The Labute approximate surface area is 124 Å². The Balaban J connectivity index is 2.04. The largest absolute Gasteiger partial charge is 0.484 e. The predicted molar refractivity (Wildman–Crippen MR) is 79.0 cm³/mol. The molecule has 0 saturated heterocycles. The van der Waals surface area contributed by atoms with E-state index in [0.717, 1.165) is 30.8 Å². The lowest BCUT2D eigenvalue weighted by Crippen LogP contribution is -2.14. The highest BCUT2D eigenvalue weighted by Crippen LogP contribution is 2.29. The molecule has 0 unspecified atom stereocenters. The second-order valence-corrected chi connectivity index (χ2v) is 5.04. The van der Waals surface area contributed by atoms with Crippen molar-refractivity contribution in [2.45, 2.75) is 33.4 Å². The Kier molecular flexibility index (Phi) is 5.44. The molecule has 4 nitrogen and oxygen atoms in total. The zero-order valence-electron chi connectivity index (χ0n) is 11.8. The van der Waals surface area contributed by atoms with Crippen molar-refractivity contribution in [1.29, 1.82) is 0 Å². The van der Waals surface area contributed by atoms with Gasteiger partial charge in [-0.1, -0.05) is 35.8 Å². The average Bonchev–Trinajstić information content (AvgIpc) is 2.84. The van der Waals surface area contributed by atoms with E-state index in [4.69, 9.17) is 20.9 Å². The quantitative estimate of drug-likeness (QED) is 0.791. The van der Waals surface area contributed by atoms with Crippen molar-refractivity contribution in [2.24, 2.45) is 0 Å². The van der Waals surface area contributed by atoms with Gasteiger partial charge in [-0.3, -0.25) is 0 Å². The smallest absolute Gasteiger partial charge is 0.174 e. The lowest BCUT2D eigenvalue weighted by atomic mass is 10.2. The Bertz CT molecular complexity index is 555. The summed E-state index contributed by atoms with van der Waals surface area (Å²) in [5.74, 6) is 1.39. The van der Waals surface area contributed by atoms with Crippen LogP contribution in [0.15, 0.2) is 28.8 Å². The van der Waals surface area contributed by atoms with E-state index in [-0.39, 0.29) is 0 Å². The van der Waals surface area contributed by atoms with Crippen LogP contribution in [0.5, 0.6) is 5.75 Å². The molecule has 0 aliphatic heterocycles. The molecule has 0 fully saturated rings. The number of hydrogen-bond acceptors (Lipinski definition) is 4. The van der Waals surface area contributed by atoms with E-state index in [1.54, 1.807) is 0 Å². The van der Waals surface area contributed by atoms with E-state index in [0.29, 0.717) is 23.1 Å². The first-order chi connectivity index (χ1) is 9.70. The third-order valence-corrected chi connectivity index (χ3v) is 3.12. The second-order valence-electron chi connectivity index (χ2n) is 4.63. The molecule has 20 heavy (non-hydrogen) atoms. The van der Waals surface area contributed by atoms with Crippen molar-refractivity contribution in [3.63, 3.8) is 0 Å². The van der Waals surface area contributed by atoms with Gasteiger partial charge in [0.1, 0.15) is 12.4 Å². The van der Waals surface area contributed by atoms with Crippen LogP contribution >= 0.6 is 11.6 Å². The highest BCUT2D eigenvalue weighted by Gasteiger charge is 2.10. The Morgan fingerprint density at radius 2 is 2.25 bits per heavy atom. The number of aryl methyl sites for hydroxylation is 1. The number of ether oxygens (including phenoxy) is 1. The van der Waals surface area contributed by atoms with Crippen molar-refractivity contribution >= 4 is 11.6 Å². The summed E-state index contributed by atoms with van der Waals surface area (Å²) in [7, 11) is 0. The third kappa shape index (κ3) is 3.99. The van der Waals surface area contributed by atoms with Crippen LogP contribution in [-0.2, 0) is 13.2 Å². The maximum absolute atomic E-state index is 6.21. The maximum atomic E-state index is 6.21. The summed E-state index contributed by atoms with van der Waals surface area (Å²) >= 11 is 6.21. The third-order valence-electron chi connectivity index (χ3n) is 2.83. The van der Waals surface area contributed by atoms with Crippen LogP contribution < -0.4 is 10.1 Å². The summed E-state index contributed by atoms with van der Waals surface area (Å²) in [5.41, 5.74) is 1.88. The van der Waals surface area contributed by atoms with Gasteiger partial charge in [-0.15, -0.1) is 0 Å². The minimum absolute atomic E-state index is 0.325. The maximum Gasteiger partial charge on any atom is 0.174 e. The molecule has 0 saturated carbocycles. The Hall–Kier alpha value is -1.52. The van der Waals surface area contributed by atoms with Crippen molar-refractivity contribution in [3.05, 3.63) is 46.3 Å².